The summed E-state index contributed by atoms with van der Waals surface area (Å²) >= 11 is 4.44. The average Bonchev–Trinajstić information content (AvgIpc) is 3.12. The van der Waals surface area contributed by atoms with Crippen LogP contribution in [0.1, 0.15) is 16.7 Å². The summed E-state index contributed by atoms with van der Waals surface area (Å²) in [4.78, 5) is 27.2. The van der Waals surface area contributed by atoms with Crippen molar-refractivity contribution in [1.82, 2.24) is 4.90 Å². The normalized spacial score (nSPS) is 14.8. The van der Waals surface area contributed by atoms with Crippen LogP contribution in [0.15, 0.2) is 94.3 Å². The van der Waals surface area contributed by atoms with Crippen molar-refractivity contribution in [3.63, 3.8) is 0 Å². The van der Waals surface area contributed by atoms with Gasteiger partial charge in [0.05, 0.1) is 15.9 Å². The molecule has 1 saturated heterocycles. The van der Waals surface area contributed by atoms with Gasteiger partial charge in [-0.25, -0.2) is 4.39 Å². The minimum Gasteiger partial charge on any atom is -0.488 e. The van der Waals surface area contributed by atoms with Crippen molar-refractivity contribution < 1.29 is 18.7 Å². The largest absolute Gasteiger partial charge is 0.488 e. The number of fused-ring (bicyclic) bond motifs is 1. The molecular weight excluding hydrogens is 529 g/mol. The van der Waals surface area contributed by atoms with Crippen molar-refractivity contribution in [2.45, 2.75) is 13.2 Å². The molecule has 2 amide bonds. The second kappa shape index (κ2) is 10.1. The third-order valence-corrected chi connectivity index (χ3v) is 7.12. The van der Waals surface area contributed by atoms with E-state index in [2.05, 4.69) is 15.9 Å². The zero-order valence-corrected chi connectivity index (χ0v) is 20.8. The van der Waals surface area contributed by atoms with Gasteiger partial charge in [0, 0.05) is 0 Å². The van der Waals surface area contributed by atoms with Crippen LogP contribution in [0.3, 0.4) is 0 Å². The number of nitrogens with zero attached hydrogens (tertiary/aromatic N) is 1. The van der Waals surface area contributed by atoms with Gasteiger partial charge in [0.1, 0.15) is 18.2 Å². The van der Waals surface area contributed by atoms with E-state index in [1.165, 1.54) is 17.0 Å². The second-order valence-corrected chi connectivity index (χ2v) is 9.90. The molecule has 1 fully saturated rings. The quantitative estimate of drug-likeness (QED) is 0.234. The molecule has 7 heteroatoms. The molecule has 0 bridgehead atoms. The Bertz CT molecular complexity index is 1470. The third-order valence-electron chi connectivity index (χ3n) is 5.59. The van der Waals surface area contributed by atoms with Crippen LogP contribution < -0.4 is 4.74 Å². The maximum absolute atomic E-state index is 13.1. The Morgan fingerprint density at radius 2 is 1.63 bits per heavy atom. The van der Waals surface area contributed by atoms with Crippen molar-refractivity contribution in [2.24, 2.45) is 0 Å². The maximum atomic E-state index is 13.1. The Balaban J connectivity index is 1.28. The zero-order valence-electron chi connectivity index (χ0n) is 18.4. The minimum atomic E-state index is -0.305. The third kappa shape index (κ3) is 5.31. The Labute approximate surface area is 214 Å². The molecule has 1 heterocycles. The molecule has 0 spiro atoms. The highest BCUT2D eigenvalue weighted by molar-refractivity contribution is 9.10. The number of rotatable bonds is 6. The van der Waals surface area contributed by atoms with Gasteiger partial charge >= 0.3 is 0 Å². The molecule has 0 N–H and O–H groups in total. The Kier molecular flexibility index (Phi) is 6.70. The van der Waals surface area contributed by atoms with E-state index in [0.717, 1.165) is 39.2 Å². The van der Waals surface area contributed by atoms with E-state index < -0.39 is 0 Å². The van der Waals surface area contributed by atoms with Crippen LogP contribution in [0.2, 0.25) is 0 Å². The molecule has 0 saturated carbocycles. The topological polar surface area (TPSA) is 46.6 Å². The highest BCUT2D eigenvalue weighted by Crippen LogP contribution is 2.35. The fourth-order valence-corrected chi connectivity index (χ4v) is 5.12. The highest BCUT2D eigenvalue weighted by atomic mass is 79.9. The molecule has 4 nitrogen and oxygen atoms in total. The number of hydrogen-bond acceptors (Lipinski definition) is 4. The van der Waals surface area contributed by atoms with E-state index in [1.54, 1.807) is 24.3 Å². The van der Waals surface area contributed by atoms with Crippen LogP contribution in [0.5, 0.6) is 5.75 Å². The van der Waals surface area contributed by atoms with Crippen LogP contribution in [0.4, 0.5) is 9.18 Å². The summed E-state index contributed by atoms with van der Waals surface area (Å²) in [6, 6.07) is 25.5. The first-order chi connectivity index (χ1) is 17.0. The lowest BCUT2D eigenvalue weighted by Gasteiger charge is -2.13. The number of ether oxygens (including phenoxy) is 1. The van der Waals surface area contributed by atoms with Crippen molar-refractivity contribution in [3.8, 4) is 5.75 Å². The van der Waals surface area contributed by atoms with Crippen LogP contribution in [0.25, 0.3) is 16.8 Å². The molecule has 0 radical (unpaired) electrons. The number of carbonyl (C=O) groups excluding carboxylic acids is 2. The van der Waals surface area contributed by atoms with Gasteiger partial charge in [0.25, 0.3) is 11.1 Å². The van der Waals surface area contributed by atoms with Crippen molar-refractivity contribution in [2.75, 3.05) is 0 Å². The molecule has 35 heavy (non-hydrogen) atoms. The van der Waals surface area contributed by atoms with Crippen LogP contribution in [-0.4, -0.2) is 16.0 Å². The molecule has 0 aliphatic carbocycles. The smallest absolute Gasteiger partial charge is 0.293 e. The van der Waals surface area contributed by atoms with Crippen LogP contribution in [0, 0.1) is 5.82 Å². The van der Waals surface area contributed by atoms with E-state index in [1.807, 2.05) is 54.6 Å². The summed E-state index contributed by atoms with van der Waals surface area (Å²) in [5.74, 6) is 0.0257. The van der Waals surface area contributed by atoms with Crippen molar-refractivity contribution >= 4 is 55.7 Å². The number of amides is 2. The van der Waals surface area contributed by atoms with E-state index >= 15 is 0 Å². The summed E-state index contributed by atoms with van der Waals surface area (Å²) in [7, 11) is 0. The lowest BCUT2D eigenvalue weighted by atomic mass is 10.1. The van der Waals surface area contributed by atoms with E-state index in [4.69, 9.17) is 4.74 Å². The number of halogens is 2. The fraction of sp³-hybridized carbons (Fsp3) is 0.0714. The predicted octanol–water partition coefficient (Wildman–Crippen LogP) is 7.56. The number of thioether (sulfide) groups is 1. The number of hydrogen-bond donors (Lipinski definition) is 0. The van der Waals surface area contributed by atoms with E-state index in [-0.39, 0.29) is 23.5 Å². The Hall–Kier alpha value is -3.42. The first-order valence-corrected chi connectivity index (χ1v) is 12.5. The molecule has 0 atom stereocenters. The standard InChI is InChI=1S/C28H19BrFNO3S/c29-24-14-19(8-12-25(24)34-17-18-6-10-23(30)11-7-18)15-26-27(32)31(28(33)35-26)16-20-5-9-21-3-1-2-4-22(21)13-20/h1-15H,16-17H2/b26-15+. The van der Waals surface area contributed by atoms with Gasteiger partial charge in [0.2, 0.25) is 0 Å². The Morgan fingerprint density at radius 1 is 0.886 bits per heavy atom. The zero-order chi connectivity index (χ0) is 24.4. The molecule has 1 aliphatic heterocycles. The lowest BCUT2D eigenvalue weighted by Crippen LogP contribution is -2.27. The lowest BCUT2D eigenvalue weighted by molar-refractivity contribution is -0.123. The monoisotopic (exact) mass is 547 g/mol. The molecule has 0 unspecified atom stereocenters. The number of benzene rings is 4. The molecule has 5 rings (SSSR count). The Morgan fingerprint density at radius 3 is 2.40 bits per heavy atom. The number of carbonyl (C=O) groups is 2. The van der Waals surface area contributed by atoms with Gasteiger partial charge in [-0.1, -0.05) is 54.6 Å². The summed E-state index contributed by atoms with van der Waals surface area (Å²) in [6.45, 7) is 0.526. The molecule has 0 aromatic heterocycles. The SMILES string of the molecule is O=C1S/C(=C/c2ccc(OCc3ccc(F)cc3)c(Br)c2)C(=O)N1Cc1ccc2ccccc2c1. The van der Waals surface area contributed by atoms with Gasteiger partial charge in [-0.05, 0) is 91.6 Å². The molecular formula is C28H19BrFNO3S. The second-order valence-electron chi connectivity index (χ2n) is 8.05. The first kappa shape index (κ1) is 23.3. The average molecular weight is 548 g/mol. The van der Waals surface area contributed by atoms with Gasteiger partial charge in [0.15, 0.2) is 0 Å². The first-order valence-electron chi connectivity index (χ1n) is 10.9. The van der Waals surface area contributed by atoms with E-state index in [9.17, 15) is 14.0 Å². The predicted molar refractivity (Wildman–Crippen MR) is 140 cm³/mol. The highest BCUT2D eigenvalue weighted by Gasteiger charge is 2.35. The van der Waals surface area contributed by atoms with Crippen LogP contribution >= 0.6 is 27.7 Å². The van der Waals surface area contributed by atoms with Gasteiger partial charge < -0.3 is 4.74 Å². The van der Waals surface area contributed by atoms with Gasteiger partial charge in [-0.15, -0.1) is 0 Å². The maximum Gasteiger partial charge on any atom is 0.293 e. The summed E-state index contributed by atoms with van der Waals surface area (Å²) < 4.78 is 19.6. The molecule has 4 aromatic carbocycles. The van der Waals surface area contributed by atoms with Gasteiger partial charge in [-0.3, -0.25) is 14.5 Å². The van der Waals surface area contributed by atoms with Crippen LogP contribution in [-0.2, 0) is 17.9 Å². The minimum absolute atomic E-state index is 0.229. The summed E-state index contributed by atoms with van der Waals surface area (Å²) in [5, 5.41) is 1.90. The molecule has 1 aliphatic rings. The summed E-state index contributed by atoms with van der Waals surface area (Å²) in [5.41, 5.74) is 2.52. The van der Waals surface area contributed by atoms with Crippen molar-refractivity contribution in [3.05, 3.63) is 117 Å². The van der Waals surface area contributed by atoms with Crippen molar-refractivity contribution in [1.29, 1.82) is 0 Å². The van der Waals surface area contributed by atoms with E-state index in [0.29, 0.717) is 21.7 Å². The molecule has 174 valence electrons. The van der Waals surface area contributed by atoms with Gasteiger partial charge in [-0.2, -0.15) is 0 Å². The summed E-state index contributed by atoms with van der Waals surface area (Å²) in [6.07, 6.45) is 1.71. The number of imide groups is 1. The molecule has 4 aromatic rings. The fourth-order valence-electron chi connectivity index (χ4n) is 3.77.